The molecule has 0 atom stereocenters. The average Bonchev–Trinajstić information content (AvgIpc) is 2.76. The lowest BCUT2D eigenvalue weighted by Crippen LogP contribution is -2.20. The van der Waals surface area contributed by atoms with Crippen LogP contribution in [0.3, 0.4) is 0 Å². The van der Waals surface area contributed by atoms with E-state index in [0.29, 0.717) is 28.8 Å². The first-order valence-electron chi connectivity index (χ1n) is 9.82. The van der Waals surface area contributed by atoms with Crippen LogP contribution < -0.4 is 20.1 Å². The molecule has 0 aliphatic heterocycles. The summed E-state index contributed by atoms with van der Waals surface area (Å²) >= 11 is 14.5. The third kappa shape index (κ3) is 6.43. The molecule has 8 heteroatoms. The SMILES string of the molecule is COc1cc(CNc2ccc(C)c(Cl)c2)cc(I)c1OCC(=O)Nc1ccc(C)c(Cl)c1. The fraction of sp³-hybridized carbons (Fsp3) is 0.208. The number of hydrogen-bond acceptors (Lipinski definition) is 4. The maximum atomic E-state index is 12.3. The van der Waals surface area contributed by atoms with E-state index in [0.717, 1.165) is 31.0 Å². The Kier molecular flexibility index (Phi) is 8.51. The standard InChI is InChI=1S/C24H23Cl2IN2O3/c1-14-4-6-17(10-19(14)25)28-12-16-8-21(27)24(22(9-16)31-3)32-13-23(30)29-18-7-5-15(2)20(26)11-18/h4-11,28H,12-13H2,1-3H3,(H,29,30). The predicted molar refractivity (Wildman–Crippen MR) is 140 cm³/mol. The van der Waals surface area contributed by atoms with Gasteiger partial charge in [0.1, 0.15) is 0 Å². The molecule has 5 nitrogen and oxygen atoms in total. The minimum atomic E-state index is -0.287. The minimum Gasteiger partial charge on any atom is -0.493 e. The second-order valence-corrected chi connectivity index (χ2v) is 9.20. The Balaban J connectivity index is 1.64. The van der Waals surface area contributed by atoms with Gasteiger partial charge in [-0.15, -0.1) is 0 Å². The zero-order chi connectivity index (χ0) is 23.3. The molecule has 3 aromatic rings. The predicted octanol–water partition coefficient (Wildman–Crippen LogP) is 6.85. The summed E-state index contributed by atoms with van der Waals surface area (Å²) in [6, 6.07) is 15.1. The summed E-state index contributed by atoms with van der Waals surface area (Å²) in [6.45, 7) is 4.30. The van der Waals surface area contributed by atoms with Crippen LogP contribution in [-0.2, 0) is 11.3 Å². The molecule has 0 aliphatic rings. The van der Waals surface area contributed by atoms with Gasteiger partial charge in [-0.1, -0.05) is 35.3 Å². The van der Waals surface area contributed by atoms with Crippen LogP contribution in [0.15, 0.2) is 48.5 Å². The molecule has 32 heavy (non-hydrogen) atoms. The van der Waals surface area contributed by atoms with Crippen LogP contribution in [0.5, 0.6) is 11.5 Å². The van der Waals surface area contributed by atoms with Gasteiger partial charge in [0.15, 0.2) is 18.1 Å². The molecule has 0 aromatic heterocycles. The van der Waals surface area contributed by atoms with Crippen LogP contribution in [-0.4, -0.2) is 19.6 Å². The van der Waals surface area contributed by atoms with E-state index in [2.05, 4.69) is 33.2 Å². The second kappa shape index (κ2) is 11.1. The molecule has 0 saturated heterocycles. The highest BCUT2D eigenvalue weighted by Crippen LogP contribution is 2.34. The van der Waals surface area contributed by atoms with Crippen molar-refractivity contribution in [3.05, 3.63) is 78.8 Å². The van der Waals surface area contributed by atoms with Crippen molar-refractivity contribution in [2.75, 3.05) is 24.4 Å². The van der Waals surface area contributed by atoms with Crippen molar-refractivity contribution in [2.45, 2.75) is 20.4 Å². The molecule has 0 fully saturated rings. The van der Waals surface area contributed by atoms with Crippen LogP contribution in [0.1, 0.15) is 16.7 Å². The fourth-order valence-electron chi connectivity index (χ4n) is 2.93. The second-order valence-electron chi connectivity index (χ2n) is 7.23. The lowest BCUT2D eigenvalue weighted by molar-refractivity contribution is -0.118. The number of methoxy groups -OCH3 is 1. The summed E-state index contributed by atoms with van der Waals surface area (Å²) < 4.78 is 12.1. The van der Waals surface area contributed by atoms with Crippen molar-refractivity contribution in [1.29, 1.82) is 0 Å². The van der Waals surface area contributed by atoms with E-state index in [1.54, 1.807) is 19.2 Å². The van der Waals surface area contributed by atoms with Gasteiger partial charge in [-0.25, -0.2) is 0 Å². The van der Waals surface area contributed by atoms with Crippen LogP contribution >= 0.6 is 45.8 Å². The number of aryl methyl sites for hydroxylation is 2. The summed E-state index contributed by atoms with van der Waals surface area (Å²) in [4.78, 5) is 12.3. The molecular formula is C24H23Cl2IN2O3. The molecule has 3 rings (SSSR count). The summed E-state index contributed by atoms with van der Waals surface area (Å²) in [5.74, 6) is 0.791. The first-order chi connectivity index (χ1) is 15.3. The first-order valence-corrected chi connectivity index (χ1v) is 11.7. The molecule has 0 unspecified atom stereocenters. The van der Waals surface area contributed by atoms with Crippen molar-refractivity contribution in [2.24, 2.45) is 0 Å². The van der Waals surface area contributed by atoms with E-state index in [4.69, 9.17) is 32.7 Å². The number of ether oxygens (including phenoxy) is 2. The Morgan fingerprint density at radius 1 is 0.969 bits per heavy atom. The van der Waals surface area contributed by atoms with Gasteiger partial charge < -0.3 is 20.1 Å². The summed E-state index contributed by atoms with van der Waals surface area (Å²) in [5, 5.41) is 7.45. The zero-order valence-corrected chi connectivity index (χ0v) is 21.6. The highest BCUT2D eigenvalue weighted by molar-refractivity contribution is 14.1. The molecule has 0 heterocycles. The molecule has 0 spiro atoms. The lowest BCUT2D eigenvalue weighted by atomic mass is 10.2. The molecule has 3 aromatic carbocycles. The zero-order valence-electron chi connectivity index (χ0n) is 17.9. The largest absolute Gasteiger partial charge is 0.493 e. The lowest BCUT2D eigenvalue weighted by Gasteiger charge is -2.15. The smallest absolute Gasteiger partial charge is 0.262 e. The number of halogens is 3. The Hall–Kier alpha value is -2.16. The summed E-state index contributed by atoms with van der Waals surface area (Å²) in [6.07, 6.45) is 0. The van der Waals surface area contributed by atoms with Crippen molar-refractivity contribution >= 4 is 63.1 Å². The van der Waals surface area contributed by atoms with Gasteiger partial charge in [0.2, 0.25) is 0 Å². The third-order valence-electron chi connectivity index (χ3n) is 4.76. The van der Waals surface area contributed by atoms with Crippen molar-refractivity contribution in [3.63, 3.8) is 0 Å². The van der Waals surface area contributed by atoms with Crippen LogP contribution in [0.25, 0.3) is 0 Å². The summed E-state index contributed by atoms with van der Waals surface area (Å²) in [5.41, 5.74) is 4.54. The number of hydrogen-bond donors (Lipinski definition) is 2. The molecule has 2 N–H and O–H groups in total. The number of carbonyl (C=O) groups is 1. The molecule has 0 saturated carbocycles. The van der Waals surface area contributed by atoms with Gasteiger partial charge in [-0.05, 0) is 89.5 Å². The van der Waals surface area contributed by atoms with E-state index >= 15 is 0 Å². The maximum Gasteiger partial charge on any atom is 0.262 e. The Bertz CT molecular complexity index is 1140. The monoisotopic (exact) mass is 584 g/mol. The highest BCUT2D eigenvalue weighted by atomic mass is 127. The van der Waals surface area contributed by atoms with E-state index in [-0.39, 0.29) is 12.5 Å². The molecular weight excluding hydrogens is 562 g/mol. The number of benzene rings is 3. The summed E-state index contributed by atoms with van der Waals surface area (Å²) in [7, 11) is 1.57. The van der Waals surface area contributed by atoms with Gasteiger partial charge in [0.25, 0.3) is 5.91 Å². The van der Waals surface area contributed by atoms with Crippen molar-refractivity contribution < 1.29 is 14.3 Å². The molecule has 0 aliphatic carbocycles. The Morgan fingerprint density at radius 3 is 2.22 bits per heavy atom. The van der Waals surface area contributed by atoms with Gasteiger partial charge in [-0.3, -0.25) is 4.79 Å². The minimum absolute atomic E-state index is 0.155. The van der Waals surface area contributed by atoms with Crippen LogP contribution in [0.4, 0.5) is 11.4 Å². The Morgan fingerprint density at radius 2 is 1.59 bits per heavy atom. The van der Waals surface area contributed by atoms with Gasteiger partial charge in [0.05, 0.1) is 10.7 Å². The molecule has 0 bridgehead atoms. The maximum absolute atomic E-state index is 12.3. The van der Waals surface area contributed by atoms with E-state index in [1.165, 1.54) is 0 Å². The first kappa shape index (κ1) is 24.5. The van der Waals surface area contributed by atoms with Crippen LogP contribution in [0.2, 0.25) is 10.0 Å². The number of amides is 1. The number of anilines is 2. The fourth-order valence-corrected chi connectivity index (χ4v) is 4.11. The van der Waals surface area contributed by atoms with Crippen LogP contribution in [0, 0.1) is 17.4 Å². The molecule has 168 valence electrons. The van der Waals surface area contributed by atoms with Gasteiger partial charge in [-0.2, -0.15) is 0 Å². The number of nitrogens with one attached hydrogen (secondary N) is 2. The molecule has 1 amide bonds. The van der Waals surface area contributed by atoms with Gasteiger partial charge >= 0.3 is 0 Å². The van der Waals surface area contributed by atoms with E-state index in [1.807, 2.05) is 50.2 Å². The normalized spacial score (nSPS) is 10.6. The Labute approximate surface area is 211 Å². The number of rotatable bonds is 8. The highest BCUT2D eigenvalue weighted by Gasteiger charge is 2.14. The number of carbonyl (C=O) groups excluding carboxylic acids is 1. The molecule has 0 radical (unpaired) electrons. The quantitative estimate of drug-likeness (QED) is 0.284. The van der Waals surface area contributed by atoms with Crippen molar-refractivity contribution in [1.82, 2.24) is 0 Å². The topological polar surface area (TPSA) is 59.6 Å². The average molecular weight is 585 g/mol. The third-order valence-corrected chi connectivity index (χ3v) is 6.38. The van der Waals surface area contributed by atoms with E-state index < -0.39 is 0 Å². The van der Waals surface area contributed by atoms with Crippen molar-refractivity contribution in [3.8, 4) is 11.5 Å². The van der Waals surface area contributed by atoms with E-state index in [9.17, 15) is 4.79 Å². The van der Waals surface area contributed by atoms with Gasteiger partial charge in [0, 0.05) is 28.0 Å².